The fraction of sp³-hybridized carbons (Fsp3) is 0. The first-order chi connectivity index (χ1) is 7.72. The number of halogens is 2. The van der Waals surface area contributed by atoms with Gasteiger partial charge in [0.1, 0.15) is 5.82 Å². The largest absolute Gasteiger partial charge is 0.244 e. The molecule has 2 nitrogen and oxygen atoms in total. The van der Waals surface area contributed by atoms with Crippen LogP contribution in [0.15, 0.2) is 36.4 Å². The molecule has 78 valence electrons. The van der Waals surface area contributed by atoms with Gasteiger partial charge in [0.15, 0.2) is 0 Å². The summed E-state index contributed by atoms with van der Waals surface area (Å²) < 4.78 is 13.0. The fourth-order valence-corrected chi connectivity index (χ4v) is 1.79. The molecule has 0 saturated carbocycles. The molecule has 0 radical (unpaired) electrons. The Kier molecular flexibility index (Phi) is 2.01. The number of nitrogens with zero attached hydrogens (tertiary/aromatic N) is 2. The Balaban J connectivity index is 2.44. The van der Waals surface area contributed by atoms with Crippen LogP contribution in [0.25, 0.3) is 22.1 Å². The molecule has 0 unspecified atom stereocenters. The summed E-state index contributed by atoms with van der Waals surface area (Å²) in [6.07, 6.45) is 0. The van der Waals surface area contributed by atoms with Crippen molar-refractivity contribution in [1.82, 2.24) is 9.97 Å². The standard InChI is InChI=1S/C12H6ClFN2/c13-7-1-3-9-11(5-7)15-10-4-2-8(14)6-12(10)16-9/h1-6H. The molecule has 0 spiro atoms. The summed E-state index contributed by atoms with van der Waals surface area (Å²) in [4.78, 5) is 8.68. The quantitative estimate of drug-likeness (QED) is 0.554. The molecule has 0 saturated heterocycles. The summed E-state index contributed by atoms with van der Waals surface area (Å²) in [7, 11) is 0. The first kappa shape index (κ1) is 9.48. The molecular weight excluding hydrogens is 227 g/mol. The Morgan fingerprint density at radius 1 is 0.812 bits per heavy atom. The summed E-state index contributed by atoms with van der Waals surface area (Å²) in [5.41, 5.74) is 2.64. The lowest BCUT2D eigenvalue weighted by molar-refractivity contribution is 0.629. The van der Waals surface area contributed by atoms with Gasteiger partial charge in [0, 0.05) is 11.1 Å². The Hall–Kier alpha value is -1.74. The van der Waals surface area contributed by atoms with Gasteiger partial charge in [0.25, 0.3) is 0 Å². The molecule has 0 fully saturated rings. The van der Waals surface area contributed by atoms with Crippen molar-refractivity contribution < 1.29 is 4.39 Å². The molecule has 1 aromatic heterocycles. The zero-order valence-corrected chi connectivity index (χ0v) is 8.87. The van der Waals surface area contributed by atoms with Crippen LogP contribution in [0, 0.1) is 5.82 Å². The third-order valence-corrected chi connectivity index (χ3v) is 2.59. The minimum atomic E-state index is -0.310. The maximum Gasteiger partial charge on any atom is 0.125 e. The van der Waals surface area contributed by atoms with Crippen molar-refractivity contribution in [3.8, 4) is 0 Å². The predicted octanol–water partition coefficient (Wildman–Crippen LogP) is 3.58. The zero-order chi connectivity index (χ0) is 11.1. The molecule has 0 bridgehead atoms. The van der Waals surface area contributed by atoms with Crippen LogP contribution < -0.4 is 0 Å². The van der Waals surface area contributed by atoms with Crippen molar-refractivity contribution in [2.45, 2.75) is 0 Å². The number of aromatic nitrogens is 2. The van der Waals surface area contributed by atoms with Crippen LogP contribution in [0.3, 0.4) is 0 Å². The van der Waals surface area contributed by atoms with E-state index in [0.717, 1.165) is 0 Å². The number of hydrogen-bond donors (Lipinski definition) is 0. The molecule has 4 heteroatoms. The van der Waals surface area contributed by atoms with E-state index in [9.17, 15) is 4.39 Å². The Bertz CT molecular complexity index is 635. The number of fused-ring (bicyclic) bond motifs is 2. The van der Waals surface area contributed by atoms with Crippen molar-refractivity contribution in [1.29, 1.82) is 0 Å². The maximum absolute atomic E-state index is 13.0. The Morgan fingerprint density at radius 3 is 2.19 bits per heavy atom. The van der Waals surface area contributed by atoms with Crippen molar-refractivity contribution in [3.05, 3.63) is 47.2 Å². The molecule has 0 aliphatic rings. The van der Waals surface area contributed by atoms with Gasteiger partial charge in [-0.3, -0.25) is 0 Å². The molecule has 1 heterocycles. The summed E-state index contributed by atoms with van der Waals surface area (Å²) in [5, 5.41) is 0.614. The first-order valence-corrected chi connectivity index (χ1v) is 5.13. The van der Waals surface area contributed by atoms with Crippen molar-refractivity contribution >= 4 is 33.7 Å². The number of hydrogen-bond acceptors (Lipinski definition) is 2. The highest BCUT2D eigenvalue weighted by molar-refractivity contribution is 6.31. The van der Waals surface area contributed by atoms with Crippen LogP contribution in [0.4, 0.5) is 4.39 Å². The highest BCUT2D eigenvalue weighted by Gasteiger charge is 2.02. The van der Waals surface area contributed by atoms with Gasteiger partial charge in [-0.05, 0) is 30.3 Å². The van der Waals surface area contributed by atoms with E-state index in [-0.39, 0.29) is 5.82 Å². The van der Waals surface area contributed by atoms with E-state index in [1.807, 2.05) is 0 Å². The van der Waals surface area contributed by atoms with Crippen molar-refractivity contribution in [2.75, 3.05) is 0 Å². The SMILES string of the molecule is Fc1ccc2nc3cc(Cl)ccc3nc2c1. The zero-order valence-electron chi connectivity index (χ0n) is 8.11. The average molecular weight is 233 g/mol. The van der Waals surface area contributed by atoms with Gasteiger partial charge in [0.2, 0.25) is 0 Å². The van der Waals surface area contributed by atoms with Gasteiger partial charge in [-0.1, -0.05) is 11.6 Å². The molecule has 3 aromatic rings. The van der Waals surface area contributed by atoms with Gasteiger partial charge in [-0.15, -0.1) is 0 Å². The van der Waals surface area contributed by atoms with Gasteiger partial charge in [0.05, 0.1) is 22.1 Å². The van der Waals surface area contributed by atoms with Crippen LogP contribution in [0.1, 0.15) is 0 Å². The van der Waals surface area contributed by atoms with Crippen LogP contribution in [0.5, 0.6) is 0 Å². The smallest absolute Gasteiger partial charge is 0.125 e. The predicted molar refractivity (Wildman–Crippen MR) is 62.0 cm³/mol. The molecule has 2 aromatic carbocycles. The summed E-state index contributed by atoms with van der Waals surface area (Å²) in [6, 6.07) is 9.60. The molecule has 0 aliphatic carbocycles. The van der Waals surface area contributed by atoms with E-state index in [2.05, 4.69) is 9.97 Å². The second-order valence-electron chi connectivity index (χ2n) is 3.49. The summed E-state index contributed by atoms with van der Waals surface area (Å²) in [6.45, 7) is 0. The van der Waals surface area contributed by atoms with Crippen LogP contribution in [0.2, 0.25) is 5.02 Å². The van der Waals surface area contributed by atoms with Crippen LogP contribution in [-0.2, 0) is 0 Å². The normalized spacial score (nSPS) is 11.1. The second kappa shape index (κ2) is 3.39. The highest BCUT2D eigenvalue weighted by atomic mass is 35.5. The van der Waals surface area contributed by atoms with Gasteiger partial charge < -0.3 is 0 Å². The van der Waals surface area contributed by atoms with Crippen LogP contribution >= 0.6 is 11.6 Å². The third kappa shape index (κ3) is 1.49. The fourth-order valence-electron chi connectivity index (χ4n) is 1.62. The average Bonchev–Trinajstić information content (AvgIpc) is 2.26. The minimum Gasteiger partial charge on any atom is -0.244 e. The molecule has 0 amide bonds. The van der Waals surface area contributed by atoms with Crippen molar-refractivity contribution in [3.63, 3.8) is 0 Å². The van der Waals surface area contributed by atoms with E-state index in [4.69, 9.17) is 11.6 Å². The monoisotopic (exact) mass is 232 g/mol. The lowest BCUT2D eigenvalue weighted by Crippen LogP contribution is -1.88. The molecule has 0 aliphatic heterocycles. The highest BCUT2D eigenvalue weighted by Crippen LogP contribution is 2.19. The third-order valence-electron chi connectivity index (χ3n) is 2.36. The van der Waals surface area contributed by atoms with Gasteiger partial charge in [-0.2, -0.15) is 0 Å². The summed E-state index contributed by atoms with van der Waals surface area (Å²) in [5.74, 6) is -0.310. The maximum atomic E-state index is 13.0. The van der Waals surface area contributed by atoms with E-state index in [1.54, 1.807) is 24.3 Å². The lowest BCUT2D eigenvalue weighted by Gasteiger charge is -2.01. The summed E-state index contributed by atoms with van der Waals surface area (Å²) >= 11 is 5.87. The molecule has 0 atom stereocenters. The van der Waals surface area contributed by atoms with E-state index >= 15 is 0 Å². The molecule has 3 rings (SSSR count). The van der Waals surface area contributed by atoms with Gasteiger partial charge >= 0.3 is 0 Å². The first-order valence-electron chi connectivity index (χ1n) is 4.75. The minimum absolute atomic E-state index is 0.310. The van der Waals surface area contributed by atoms with E-state index in [1.165, 1.54) is 12.1 Å². The lowest BCUT2D eigenvalue weighted by atomic mass is 10.2. The number of benzene rings is 2. The number of rotatable bonds is 0. The Morgan fingerprint density at radius 2 is 1.44 bits per heavy atom. The molecule has 16 heavy (non-hydrogen) atoms. The molecular formula is C12H6ClFN2. The van der Waals surface area contributed by atoms with Crippen molar-refractivity contribution in [2.24, 2.45) is 0 Å². The van der Waals surface area contributed by atoms with Crippen LogP contribution in [-0.4, -0.2) is 9.97 Å². The van der Waals surface area contributed by atoms with Gasteiger partial charge in [-0.25, -0.2) is 14.4 Å². The second-order valence-corrected chi connectivity index (χ2v) is 3.93. The topological polar surface area (TPSA) is 25.8 Å². The molecule has 0 N–H and O–H groups in total. The van der Waals surface area contributed by atoms with E-state index < -0.39 is 0 Å². The Labute approximate surface area is 95.7 Å². The van der Waals surface area contributed by atoms with E-state index in [0.29, 0.717) is 27.1 Å².